The SMILES string of the molecule is C(/OCc1ccccc1)=C1/OC[C@@H](OCc2ccccc2)[C@@H]1OCc1ccccc1. The van der Waals surface area contributed by atoms with E-state index in [0.717, 1.165) is 16.7 Å². The van der Waals surface area contributed by atoms with Gasteiger partial charge in [-0.3, -0.25) is 0 Å². The van der Waals surface area contributed by atoms with Crippen LogP contribution < -0.4 is 0 Å². The van der Waals surface area contributed by atoms with Crippen molar-refractivity contribution in [3.63, 3.8) is 0 Å². The third kappa shape index (κ3) is 5.72. The van der Waals surface area contributed by atoms with Gasteiger partial charge in [-0.1, -0.05) is 91.0 Å². The summed E-state index contributed by atoms with van der Waals surface area (Å²) in [6.45, 7) is 1.91. The Morgan fingerprint density at radius 1 is 0.667 bits per heavy atom. The zero-order valence-corrected chi connectivity index (χ0v) is 16.9. The summed E-state index contributed by atoms with van der Waals surface area (Å²) in [4.78, 5) is 0. The Morgan fingerprint density at radius 2 is 1.17 bits per heavy atom. The molecule has 1 heterocycles. The van der Waals surface area contributed by atoms with E-state index >= 15 is 0 Å². The summed E-state index contributed by atoms with van der Waals surface area (Å²) in [7, 11) is 0. The van der Waals surface area contributed by atoms with E-state index in [2.05, 4.69) is 12.1 Å². The van der Waals surface area contributed by atoms with Crippen molar-refractivity contribution >= 4 is 0 Å². The molecule has 4 heteroatoms. The van der Waals surface area contributed by atoms with Crippen LogP contribution in [0.5, 0.6) is 0 Å². The van der Waals surface area contributed by atoms with Crippen molar-refractivity contribution in [1.82, 2.24) is 0 Å². The topological polar surface area (TPSA) is 36.9 Å². The smallest absolute Gasteiger partial charge is 0.162 e. The van der Waals surface area contributed by atoms with E-state index < -0.39 is 0 Å². The lowest BCUT2D eigenvalue weighted by atomic mass is 10.2. The molecule has 0 spiro atoms. The molecule has 1 aliphatic heterocycles. The summed E-state index contributed by atoms with van der Waals surface area (Å²) in [6.07, 6.45) is 1.15. The lowest BCUT2D eigenvalue weighted by Crippen LogP contribution is -2.29. The molecule has 30 heavy (non-hydrogen) atoms. The van der Waals surface area contributed by atoms with Crippen molar-refractivity contribution in [3.8, 4) is 0 Å². The van der Waals surface area contributed by atoms with Gasteiger partial charge >= 0.3 is 0 Å². The Bertz CT molecular complexity index is 910. The second-order valence-corrected chi connectivity index (χ2v) is 7.18. The molecule has 1 aliphatic rings. The minimum atomic E-state index is -0.315. The van der Waals surface area contributed by atoms with Crippen LogP contribution in [-0.2, 0) is 38.8 Å². The van der Waals surface area contributed by atoms with Gasteiger partial charge < -0.3 is 18.9 Å². The van der Waals surface area contributed by atoms with Crippen molar-refractivity contribution in [1.29, 1.82) is 0 Å². The number of hydrogen-bond acceptors (Lipinski definition) is 4. The molecule has 0 radical (unpaired) electrons. The minimum Gasteiger partial charge on any atom is -0.493 e. The van der Waals surface area contributed by atoms with Crippen LogP contribution >= 0.6 is 0 Å². The first-order valence-corrected chi connectivity index (χ1v) is 10.2. The molecule has 1 saturated heterocycles. The van der Waals surface area contributed by atoms with Crippen LogP contribution in [0.25, 0.3) is 0 Å². The molecule has 0 N–H and O–H groups in total. The van der Waals surface area contributed by atoms with Crippen molar-refractivity contribution in [2.45, 2.75) is 32.0 Å². The third-order valence-electron chi connectivity index (χ3n) is 4.90. The molecule has 4 rings (SSSR count). The van der Waals surface area contributed by atoms with Crippen LogP contribution in [-0.4, -0.2) is 18.8 Å². The molecule has 0 aromatic heterocycles. The van der Waals surface area contributed by atoms with Crippen molar-refractivity contribution < 1.29 is 18.9 Å². The van der Waals surface area contributed by atoms with Crippen molar-refractivity contribution in [2.75, 3.05) is 6.61 Å². The van der Waals surface area contributed by atoms with Crippen molar-refractivity contribution in [2.24, 2.45) is 0 Å². The van der Waals surface area contributed by atoms with Crippen LogP contribution in [0.15, 0.2) is 103 Å². The molecule has 2 atom stereocenters. The summed E-state index contributed by atoms with van der Waals surface area (Å²) in [6, 6.07) is 30.3. The van der Waals surface area contributed by atoms with Crippen LogP contribution in [0.3, 0.4) is 0 Å². The summed E-state index contributed by atoms with van der Waals surface area (Å²) < 4.78 is 24.0. The normalized spacial score (nSPS) is 19.5. The predicted octanol–water partition coefficient (Wildman–Crippen LogP) is 5.25. The summed E-state index contributed by atoms with van der Waals surface area (Å²) >= 11 is 0. The van der Waals surface area contributed by atoms with Crippen LogP contribution in [0.4, 0.5) is 0 Å². The monoisotopic (exact) mass is 402 g/mol. The van der Waals surface area contributed by atoms with Gasteiger partial charge in [0.05, 0.1) is 13.2 Å². The summed E-state index contributed by atoms with van der Waals surface area (Å²) in [5.41, 5.74) is 3.33. The highest BCUT2D eigenvalue weighted by Gasteiger charge is 2.36. The Balaban J connectivity index is 1.40. The molecule has 0 saturated carbocycles. The van der Waals surface area contributed by atoms with E-state index in [-0.39, 0.29) is 12.2 Å². The molecule has 154 valence electrons. The summed E-state index contributed by atoms with van der Waals surface area (Å²) in [5.74, 6) is 0.667. The first-order valence-electron chi connectivity index (χ1n) is 10.2. The minimum absolute atomic E-state index is 0.194. The van der Waals surface area contributed by atoms with Gasteiger partial charge in [-0.25, -0.2) is 0 Å². The Morgan fingerprint density at radius 3 is 1.73 bits per heavy atom. The molecule has 0 unspecified atom stereocenters. The van der Waals surface area contributed by atoms with Crippen LogP contribution in [0.2, 0.25) is 0 Å². The summed E-state index contributed by atoms with van der Waals surface area (Å²) in [5, 5.41) is 0. The molecule has 3 aromatic rings. The maximum Gasteiger partial charge on any atom is 0.162 e. The van der Waals surface area contributed by atoms with Gasteiger partial charge in [0.25, 0.3) is 0 Å². The highest BCUT2D eigenvalue weighted by molar-refractivity contribution is 5.16. The maximum atomic E-state index is 6.21. The molecular formula is C26H26O4. The second-order valence-electron chi connectivity index (χ2n) is 7.18. The van der Waals surface area contributed by atoms with Crippen LogP contribution in [0.1, 0.15) is 16.7 Å². The van der Waals surface area contributed by atoms with Gasteiger partial charge in [-0.05, 0) is 16.7 Å². The first-order chi connectivity index (χ1) is 14.9. The molecular weight excluding hydrogens is 376 g/mol. The van der Waals surface area contributed by atoms with Gasteiger partial charge in [0.1, 0.15) is 31.7 Å². The van der Waals surface area contributed by atoms with Gasteiger partial charge in [-0.2, -0.15) is 0 Å². The number of benzene rings is 3. The molecule has 0 bridgehead atoms. The lowest BCUT2D eigenvalue weighted by molar-refractivity contribution is -0.0531. The van der Waals surface area contributed by atoms with E-state index in [1.807, 2.05) is 78.9 Å². The average Bonchev–Trinajstić information content (AvgIpc) is 3.20. The fourth-order valence-corrected chi connectivity index (χ4v) is 3.29. The Hall–Kier alpha value is -3.08. The van der Waals surface area contributed by atoms with Gasteiger partial charge in [0, 0.05) is 0 Å². The zero-order valence-electron chi connectivity index (χ0n) is 16.9. The largest absolute Gasteiger partial charge is 0.493 e. The molecule has 4 nitrogen and oxygen atoms in total. The van der Waals surface area contributed by atoms with Crippen molar-refractivity contribution in [3.05, 3.63) is 120 Å². The van der Waals surface area contributed by atoms with E-state index in [1.165, 1.54) is 0 Å². The highest BCUT2D eigenvalue weighted by atomic mass is 16.6. The predicted molar refractivity (Wildman–Crippen MR) is 115 cm³/mol. The van der Waals surface area contributed by atoms with Gasteiger partial charge in [0.2, 0.25) is 0 Å². The molecule has 0 amide bonds. The number of ether oxygens (including phenoxy) is 4. The average molecular weight is 402 g/mol. The Kier molecular flexibility index (Phi) is 7.16. The van der Waals surface area contributed by atoms with E-state index in [9.17, 15) is 0 Å². The molecule has 3 aromatic carbocycles. The number of rotatable bonds is 9. The zero-order chi connectivity index (χ0) is 20.4. The standard InChI is InChI=1S/C26H26O4/c1-4-10-21(11-5-1)16-27-19-24-26(30-18-23-14-8-3-9-15-23)25(20-29-24)28-17-22-12-6-2-7-13-22/h1-15,19,25-26H,16-18,20H2/b24-19-/t25-,26-/m1/s1. The van der Waals surface area contributed by atoms with Crippen LogP contribution in [0, 0.1) is 0 Å². The maximum absolute atomic E-state index is 6.21. The quantitative estimate of drug-likeness (QED) is 0.458. The van der Waals surface area contributed by atoms with E-state index in [4.69, 9.17) is 18.9 Å². The molecule has 1 fully saturated rings. The molecule has 0 aliphatic carbocycles. The highest BCUT2D eigenvalue weighted by Crippen LogP contribution is 2.26. The fraction of sp³-hybridized carbons (Fsp3) is 0.231. The Labute approximate surface area is 177 Å². The number of hydrogen-bond donors (Lipinski definition) is 0. The first kappa shape index (κ1) is 20.2. The third-order valence-corrected chi connectivity index (χ3v) is 4.90. The van der Waals surface area contributed by atoms with Gasteiger partial charge in [0.15, 0.2) is 5.76 Å². The fourth-order valence-electron chi connectivity index (χ4n) is 3.29. The second kappa shape index (κ2) is 10.6. The van der Waals surface area contributed by atoms with E-state index in [1.54, 1.807) is 6.26 Å². The van der Waals surface area contributed by atoms with Gasteiger partial charge in [-0.15, -0.1) is 0 Å². The van der Waals surface area contributed by atoms with E-state index in [0.29, 0.717) is 32.2 Å². The lowest BCUT2D eigenvalue weighted by Gasteiger charge is -2.19.